The van der Waals surface area contributed by atoms with Gasteiger partial charge in [-0.15, -0.1) is 0 Å². The van der Waals surface area contributed by atoms with E-state index < -0.39 is 0 Å². The van der Waals surface area contributed by atoms with Crippen LogP contribution < -0.4 is 16.2 Å². The van der Waals surface area contributed by atoms with Gasteiger partial charge in [-0.3, -0.25) is 15.1 Å². The number of carbonyl (C=O) groups excluding carboxylic acids is 1. The summed E-state index contributed by atoms with van der Waals surface area (Å²) in [5.74, 6) is 0.122. The third kappa shape index (κ3) is 10.1. The van der Waals surface area contributed by atoms with E-state index in [1.165, 1.54) is 6.20 Å². The molecule has 0 spiro atoms. The molecule has 1 aromatic heterocycles. The predicted molar refractivity (Wildman–Crippen MR) is 98.6 cm³/mol. The molecular formula is C17H30N4O5. The molecule has 1 heterocycles. The molecule has 26 heavy (non-hydrogen) atoms. The number of rotatable bonds is 14. The zero-order valence-corrected chi connectivity index (χ0v) is 15.6. The molecule has 0 fully saturated rings. The summed E-state index contributed by atoms with van der Waals surface area (Å²) in [7, 11) is 0. The topological polar surface area (TPSA) is 115 Å². The number of aromatic nitrogens is 2. The van der Waals surface area contributed by atoms with Crippen LogP contribution in [-0.4, -0.2) is 62.2 Å². The summed E-state index contributed by atoms with van der Waals surface area (Å²) in [5, 5.41) is 5.18. The van der Waals surface area contributed by atoms with Gasteiger partial charge < -0.3 is 19.5 Å². The van der Waals surface area contributed by atoms with Gasteiger partial charge >= 0.3 is 6.03 Å². The van der Waals surface area contributed by atoms with Crippen molar-refractivity contribution in [2.45, 2.75) is 33.1 Å². The molecule has 0 saturated carbocycles. The van der Waals surface area contributed by atoms with Crippen molar-refractivity contribution < 1.29 is 19.0 Å². The molecule has 2 amide bonds. The number of nitrogens with zero attached hydrogens (tertiary/aromatic N) is 1. The summed E-state index contributed by atoms with van der Waals surface area (Å²) >= 11 is 0. The molecule has 0 bridgehead atoms. The van der Waals surface area contributed by atoms with Crippen LogP contribution in [0.2, 0.25) is 0 Å². The lowest BCUT2D eigenvalue weighted by Crippen LogP contribution is -2.31. The molecule has 148 valence electrons. The molecule has 0 unspecified atom stereocenters. The molecule has 0 aliphatic carbocycles. The second-order valence-corrected chi connectivity index (χ2v) is 5.49. The number of unbranched alkanes of at least 4 members (excludes halogenated alkanes) is 1. The van der Waals surface area contributed by atoms with Gasteiger partial charge in [0.05, 0.1) is 33.0 Å². The van der Waals surface area contributed by atoms with Crippen molar-refractivity contribution in [1.82, 2.24) is 15.3 Å². The van der Waals surface area contributed by atoms with Crippen LogP contribution in [0.15, 0.2) is 11.0 Å². The average Bonchev–Trinajstić information content (AvgIpc) is 2.62. The van der Waals surface area contributed by atoms with Crippen LogP contribution >= 0.6 is 0 Å². The Morgan fingerprint density at radius 3 is 2.46 bits per heavy atom. The molecule has 3 N–H and O–H groups in total. The van der Waals surface area contributed by atoms with Gasteiger partial charge in [-0.1, -0.05) is 13.3 Å². The van der Waals surface area contributed by atoms with E-state index in [9.17, 15) is 9.59 Å². The molecule has 1 aromatic rings. The van der Waals surface area contributed by atoms with Crippen LogP contribution in [-0.2, 0) is 20.6 Å². The normalized spacial score (nSPS) is 10.7. The molecule has 1 rings (SSSR count). The van der Waals surface area contributed by atoms with E-state index in [0.29, 0.717) is 58.2 Å². The number of nitrogens with one attached hydrogen (secondary N) is 3. The van der Waals surface area contributed by atoms with Crippen molar-refractivity contribution >= 4 is 12.0 Å². The number of aromatic amines is 1. The summed E-state index contributed by atoms with van der Waals surface area (Å²) in [4.78, 5) is 30.2. The minimum absolute atomic E-state index is 0.122. The molecule has 9 heteroatoms. The number of anilines is 1. The molecule has 0 aliphatic heterocycles. The van der Waals surface area contributed by atoms with Crippen LogP contribution in [0.25, 0.3) is 0 Å². The van der Waals surface area contributed by atoms with Gasteiger partial charge in [-0.25, -0.2) is 9.78 Å². The van der Waals surface area contributed by atoms with Gasteiger partial charge in [-0.2, -0.15) is 0 Å². The summed E-state index contributed by atoms with van der Waals surface area (Å²) in [6.07, 6.45) is 3.77. The number of hydrogen-bond donors (Lipinski definition) is 3. The zero-order chi connectivity index (χ0) is 19.0. The molecular weight excluding hydrogens is 340 g/mol. The van der Waals surface area contributed by atoms with E-state index >= 15 is 0 Å². The number of hydrogen-bond acceptors (Lipinski definition) is 6. The average molecular weight is 370 g/mol. The van der Waals surface area contributed by atoms with Crippen LogP contribution in [0.5, 0.6) is 0 Å². The smallest absolute Gasteiger partial charge is 0.321 e. The third-order valence-corrected chi connectivity index (χ3v) is 3.38. The van der Waals surface area contributed by atoms with E-state index in [4.69, 9.17) is 14.2 Å². The lowest BCUT2D eigenvalue weighted by molar-refractivity contribution is 0.0175. The number of carbonyl (C=O) groups is 1. The summed E-state index contributed by atoms with van der Waals surface area (Å²) in [5.41, 5.74) is 0.208. The van der Waals surface area contributed by atoms with Crippen LogP contribution in [0, 0.1) is 0 Å². The Labute approximate surface area is 153 Å². The van der Waals surface area contributed by atoms with Crippen LogP contribution in [0.1, 0.15) is 32.3 Å². The molecule has 0 saturated heterocycles. The second-order valence-electron chi connectivity index (χ2n) is 5.49. The van der Waals surface area contributed by atoms with Crippen molar-refractivity contribution in [1.29, 1.82) is 0 Å². The number of amides is 2. The quantitative estimate of drug-likeness (QED) is 0.425. The maximum absolute atomic E-state index is 12.0. The first-order valence-electron chi connectivity index (χ1n) is 9.03. The molecule has 9 nitrogen and oxygen atoms in total. The van der Waals surface area contributed by atoms with Crippen molar-refractivity contribution in [2.75, 3.05) is 51.5 Å². The third-order valence-electron chi connectivity index (χ3n) is 3.38. The molecule has 0 aromatic carbocycles. The number of H-pyrrole nitrogens is 1. The Morgan fingerprint density at radius 2 is 1.81 bits per heavy atom. The van der Waals surface area contributed by atoms with E-state index in [-0.39, 0.29) is 17.5 Å². The van der Waals surface area contributed by atoms with Gasteiger partial charge in [0.1, 0.15) is 0 Å². The van der Waals surface area contributed by atoms with Gasteiger partial charge in [0.2, 0.25) is 5.95 Å². The highest BCUT2D eigenvalue weighted by atomic mass is 16.5. The maximum Gasteiger partial charge on any atom is 0.321 e. The van der Waals surface area contributed by atoms with E-state index in [1.807, 2.05) is 13.8 Å². The summed E-state index contributed by atoms with van der Waals surface area (Å²) in [6, 6.07) is -0.387. The first-order chi connectivity index (χ1) is 12.7. The fourth-order valence-corrected chi connectivity index (χ4v) is 1.96. The molecule has 0 aliphatic rings. The summed E-state index contributed by atoms with van der Waals surface area (Å²) < 4.78 is 15.9. The Balaban J connectivity index is 2.22. The first-order valence-corrected chi connectivity index (χ1v) is 9.03. The van der Waals surface area contributed by atoms with Gasteiger partial charge in [-0.05, 0) is 13.3 Å². The Kier molecular flexibility index (Phi) is 12.1. The lowest BCUT2D eigenvalue weighted by atomic mass is 10.2. The van der Waals surface area contributed by atoms with Gasteiger partial charge in [0.25, 0.3) is 5.56 Å². The fraction of sp³-hybridized carbons (Fsp3) is 0.706. The highest BCUT2D eigenvalue weighted by Crippen LogP contribution is 1.97. The minimum atomic E-state index is -0.387. The van der Waals surface area contributed by atoms with Gasteiger partial charge in [0, 0.05) is 31.3 Å². The molecule has 0 radical (unpaired) electrons. The van der Waals surface area contributed by atoms with Crippen molar-refractivity contribution in [2.24, 2.45) is 0 Å². The largest absolute Gasteiger partial charge is 0.379 e. The van der Waals surface area contributed by atoms with E-state index in [0.717, 1.165) is 12.8 Å². The predicted octanol–water partition coefficient (Wildman–Crippen LogP) is 1.30. The van der Waals surface area contributed by atoms with Crippen LogP contribution in [0.4, 0.5) is 10.7 Å². The zero-order valence-electron chi connectivity index (χ0n) is 15.6. The standard InChI is InChI=1S/C17H30N4O5/c1-3-5-7-18-17(23)21-16-19-13-14(15(22)20-16)6-8-25-11-12-26-10-9-24-4-2/h13H,3-12H2,1-2H3,(H3,18,19,20,21,22,23). The fourth-order valence-electron chi connectivity index (χ4n) is 1.96. The van der Waals surface area contributed by atoms with Crippen molar-refractivity contribution in [3.63, 3.8) is 0 Å². The minimum Gasteiger partial charge on any atom is -0.379 e. The van der Waals surface area contributed by atoms with Crippen molar-refractivity contribution in [3.05, 3.63) is 22.1 Å². The van der Waals surface area contributed by atoms with E-state index in [2.05, 4.69) is 20.6 Å². The second kappa shape index (κ2) is 14.2. The first kappa shape index (κ1) is 22.1. The Bertz CT molecular complexity index is 564. The maximum atomic E-state index is 12.0. The van der Waals surface area contributed by atoms with Gasteiger partial charge in [0.15, 0.2) is 0 Å². The highest BCUT2D eigenvalue weighted by Gasteiger charge is 2.06. The summed E-state index contributed by atoms with van der Waals surface area (Å²) in [6.45, 7) is 7.69. The van der Waals surface area contributed by atoms with E-state index in [1.54, 1.807) is 0 Å². The number of urea groups is 1. The molecule has 0 atom stereocenters. The Morgan fingerprint density at radius 1 is 1.12 bits per heavy atom. The highest BCUT2D eigenvalue weighted by molar-refractivity contribution is 5.87. The number of ether oxygens (including phenoxy) is 3. The van der Waals surface area contributed by atoms with Crippen LogP contribution in [0.3, 0.4) is 0 Å². The lowest BCUT2D eigenvalue weighted by Gasteiger charge is -2.07. The SMILES string of the molecule is CCCCNC(=O)Nc1ncc(CCOCCOCCOCC)c(=O)[nH]1. The monoisotopic (exact) mass is 370 g/mol. The Hall–Kier alpha value is -1.97. The van der Waals surface area contributed by atoms with Crippen molar-refractivity contribution in [3.8, 4) is 0 Å².